The van der Waals surface area contributed by atoms with E-state index in [2.05, 4.69) is 37.9 Å². The zero-order valence-electron chi connectivity index (χ0n) is 11.5. The molecule has 2 N–H and O–H groups in total. The summed E-state index contributed by atoms with van der Waals surface area (Å²) >= 11 is 0. The molecule has 1 aromatic heterocycles. The lowest BCUT2D eigenvalue weighted by molar-refractivity contribution is 0.264. The number of anilines is 1. The van der Waals surface area contributed by atoms with Gasteiger partial charge in [0.1, 0.15) is 5.69 Å². The molecule has 0 saturated carbocycles. The lowest BCUT2D eigenvalue weighted by Gasteiger charge is -2.10. The van der Waals surface area contributed by atoms with E-state index in [0.29, 0.717) is 24.1 Å². The van der Waals surface area contributed by atoms with Gasteiger partial charge in [-0.15, -0.1) is 0 Å². The lowest BCUT2D eigenvalue weighted by Crippen LogP contribution is -2.16. The highest BCUT2D eigenvalue weighted by molar-refractivity contribution is 5.54. The van der Waals surface area contributed by atoms with Gasteiger partial charge in [-0.1, -0.05) is 13.8 Å². The molecule has 5 nitrogen and oxygen atoms in total. The SMILES string of the molecule is CC(C)c1nn(C)c(OCCCN(C)C)c1N. The van der Waals surface area contributed by atoms with Crippen molar-refractivity contribution in [1.82, 2.24) is 14.7 Å². The van der Waals surface area contributed by atoms with Crippen molar-refractivity contribution in [3.63, 3.8) is 0 Å². The standard InChI is InChI=1S/C12H24N4O/c1-9(2)11-10(13)12(16(5)14-11)17-8-6-7-15(3)4/h9H,6-8,13H2,1-5H3. The van der Waals surface area contributed by atoms with Crippen molar-refractivity contribution < 1.29 is 4.74 Å². The van der Waals surface area contributed by atoms with E-state index in [-0.39, 0.29) is 0 Å². The predicted octanol–water partition coefficient (Wildman–Crippen LogP) is 1.46. The van der Waals surface area contributed by atoms with E-state index in [0.717, 1.165) is 18.7 Å². The Morgan fingerprint density at radius 3 is 2.53 bits per heavy atom. The van der Waals surface area contributed by atoms with E-state index in [9.17, 15) is 0 Å². The Morgan fingerprint density at radius 2 is 2.06 bits per heavy atom. The van der Waals surface area contributed by atoms with Crippen molar-refractivity contribution in [1.29, 1.82) is 0 Å². The maximum Gasteiger partial charge on any atom is 0.235 e. The van der Waals surface area contributed by atoms with Gasteiger partial charge in [0.05, 0.1) is 12.3 Å². The molecule has 0 unspecified atom stereocenters. The summed E-state index contributed by atoms with van der Waals surface area (Å²) in [7, 11) is 5.97. The highest BCUT2D eigenvalue weighted by Crippen LogP contribution is 2.29. The van der Waals surface area contributed by atoms with E-state index in [1.807, 2.05) is 7.05 Å². The zero-order valence-corrected chi connectivity index (χ0v) is 11.5. The minimum absolute atomic E-state index is 0.320. The van der Waals surface area contributed by atoms with Crippen LogP contribution in [0, 0.1) is 0 Å². The first-order chi connectivity index (χ1) is 7.93. The molecular weight excluding hydrogens is 216 g/mol. The summed E-state index contributed by atoms with van der Waals surface area (Å²) < 4.78 is 7.42. The first-order valence-corrected chi connectivity index (χ1v) is 6.03. The number of nitrogen functional groups attached to an aromatic ring is 1. The summed E-state index contributed by atoms with van der Waals surface area (Å²) in [5, 5.41) is 4.38. The molecule has 0 radical (unpaired) electrons. The normalized spacial score (nSPS) is 11.5. The van der Waals surface area contributed by atoms with Gasteiger partial charge in [0, 0.05) is 13.6 Å². The molecule has 0 aromatic carbocycles. The van der Waals surface area contributed by atoms with Gasteiger partial charge < -0.3 is 15.4 Å². The first-order valence-electron chi connectivity index (χ1n) is 6.03. The second kappa shape index (κ2) is 5.91. The molecule has 5 heteroatoms. The summed E-state index contributed by atoms with van der Waals surface area (Å²) in [5.41, 5.74) is 7.61. The number of rotatable bonds is 6. The Balaban J connectivity index is 2.59. The fraction of sp³-hybridized carbons (Fsp3) is 0.750. The minimum atomic E-state index is 0.320. The molecule has 0 amide bonds. The molecule has 0 aliphatic heterocycles. The van der Waals surface area contributed by atoms with Crippen LogP contribution >= 0.6 is 0 Å². The van der Waals surface area contributed by atoms with Crippen LogP contribution in [0.3, 0.4) is 0 Å². The third kappa shape index (κ3) is 3.63. The second-order valence-corrected chi connectivity index (χ2v) is 4.89. The number of hydrogen-bond donors (Lipinski definition) is 1. The quantitative estimate of drug-likeness (QED) is 0.765. The van der Waals surface area contributed by atoms with Crippen molar-refractivity contribution >= 4 is 5.69 Å². The average molecular weight is 240 g/mol. The molecule has 1 rings (SSSR count). The average Bonchev–Trinajstić information content (AvgIpc) is 2.50. The fourth-order valence-electron chi connectivity index (χ4n) is 1.69. The Morgan fingerprint density at radius 1 is 1.41 bits per heavy atom. The molecule has 0 saturated heterocycles. The van der Waals surface area contributed by atoms with Crippen LogP contribution < -0.4 is 10.5 Å². The summed E-state index contributed by atoms with van der Waals surface area (Å²) in [6.07, 6.45) is 0.981. The van der Waals surface area contributed by atoms with Crippen molar-refractivity contribution in [3.8, 4) is 5.88 Å². The van der Waals surface area contributed by atoms with Gasteiger partial charge in [-0.25, -0.2) is 4.68 Å². The second-order valence-electron chi connectivity index (χ2n) is 4.89. The lowest BCUT2D eigenvalue weighted by atomic mass is 10.1. The predicted molar refractivity (Wildman–Crippen MR) is 70.4 cm³/mol. The molecule has 17 heavy (non-hydrogen) atoms. The molecule has 0 atom stereocenters. The third-order valence-corrected chi connectivity index (χ3v) is 2.59. The number of nitrogens with zero attached hydrogens (tertiary/aromatic N) is 3. The van der Waals surface area contributed by atoms with Crippen molar-refractivity contribution in [3.05, 3.63) is 5.69 Å². The van der Waals surface area contributed by atoms with Crippen LogP contribution in [0.5, 0.6) is 5.88 Å². The third-order valence-electron chi connectivity index (χ3n) is 2.59. The monoisotopic (exact) mass is 240 g/mol. The Bertz CT molecular complexity index is 358. The topological polar surface area (TPSA) is 56.3 Å². The van der Waals surface area contributed by atoms with Gasteiger partial charge in [-0.2, -0.15) is 5.10 Å². The maximum absolute atomic E-state index is 6.03. The Labute approximate surface area is 104 Å². The minimum Gasteiger partial charge on any atom is -0.476 e. The molecule has 0 bridgehead atoms. The number of hydrogen-bond acceptors (Lipinski definition) is 4. The first kappa shape index (κ1) is 13.8. The number of aromatic nitrogens is 2. The summed E-state index contributed by atoms with van der Waals surface area (Å²) in [5.74, 6) is 1.01. The molecular formula is C12H24N4O. The van der Waals surface area contributed by atoms with Crippen molar-refractivity contribution in [2.24, 2.45) is 7.05 Å². The largest absolute Gasteiger partial charge is 0.476 e. The van der Waals surface area contributed by atoms with Crippen LogP contribution in [-0.4, -0.2) is 41.9 Å². The van der Waals surface area contributed by atoms with Crippen LogP contribution in [-0.2, 0) is 7.05 Å². The smallest absolute Gasteiger partial charge is 0.235 e. The molecule has 98 valence electrons. The van der Waals surface area contributed by atoms with Crippen LogP contribution in [0.1, 0.15) is 31.9 Å². The van der Waals surface area contributed by atoms with E-state index in [4.69, 9.17) is 10.5 Å². The number of ether oxygens (including phenoxy) is 1. The number of nitrogens with two attached hydrogens (primary N) is 1. The summed E-state index contributed by atoms with van der Waals surface area (Å²) in [6.45, 7) is 5.83. The molecule has 0 aliphatic rings. The van der Waals surface area contributed by atoms with E-state index in [1.54, 1.807) is 4.68 Å². The molecule has 0 spiro atoms. The van der Waals surface area contributed by atoms with Gasteiger partial charge in [0.25, 0.3) is 0 Å². The van der Waals surface area contributed by atoms with E-state index >= 15 is 0 Å². The highest BCUT2D eigenvalue weighted by atomic mass is 16.5. The van der Waals surface area contributed by atoms with Crippen LogP contribution in [0.2, 0.25) is 0 Å². The van der Waals surface area contributed by atoms with Crippen molar-refractivity contribution in [2.75, 3.05) is 33.0 Å². The fourth-order valence-corrected chi connectivity index (χ4v) is 1.69. The van der Waals surface area contributed by atoms with Crippen molar-refractivity contribution in [2.45, 2.75) is 26.2 Å². The van der Waals surface area contributed by atoms with Crippen LogP contribution in [0.4, 0.5) is 5.69 Å². The summed E-state index contributed by atoms with van der Waals surface area (Å²) in [6, 6.07) is 0. The zero-order chi connectivity index (χ0) is 13.0. The van der Waals surface area contributed by atoms with E-state index in [1.165, 1.54) is 0 Å². The molecule has 0 aliphatic carbocycles. The van der Waals surface area contributed by atoms with Gasteiger partial charge in [-0.3, -0.25) is 0 Å². The number of aryl methyl sites for hydroxylation is 1. The highest BCUT2D eigenvalue weighted by Gasteiger charge is 2.16. The van der Waals surface area contributed by atoms with E-state index < -0.39 is 0 Å². The van der Waals surface area contributed by atoms with Gasteiger partial charge >= 0.3 is 0 Å². The van der Waals surface area contributed by atoms with Gasteiger partial charge in [0.15, 0.2) is 0 Å². The molecule has 1 aromatic rings. The van der Waals surface area contributed by atoms with Crippen LogP contribution in [0.15, 0.2) is 0 Å². The Hall–Kier alpha value is -1.23. The summed E-state index contributed by atoms with van der Waals surface area (Å²) in [4.78, 5) is 2.13. The van der Waals surface area contributed by atoms with Gasteiger partial charge in [-0.05, 0) is 26.4 Å². The molecule has 0 fully saturated rings. The molecule has 1 heterocycles. The Kier molecular flexibility index (Phi) is 4.81. The maximum atomic E-state index is 6.03. The van der Waals surface area contributed by atoms with Gasteiger partial charge in [0.2, 0.25) is 5.88 Å². The van der Waals surface area contributed by atoms with Crippen LogP contribution in [0.25, 0.3) is 0 Å².